The summed E-state index contributed by atoms with van der Waals surface area (Å²) in [4.78, 5) is 39.0. The molecule has 1 aromatic rings. The first-order valence-corrected chi connectivity index (χ1v) is 8.60. The third-order valence-electron chi connectivity index (χ3n) is 3.80. The fraction of sp³-hybridized carbons (Fsp3) is 0.438. The van der Waals surface area contributed by atoms with Gasteiger partial charge in [-0.05, 0) is 17.7 Å². The number of nitrogens with zero attached hydrogens (tertiary/aromatic N) is 2. The van der Waals surface area contributed by atoms with Crippen molar-refractivity contribution in [3.05, 3.63) is 35.4 Å². The third-order valence-corrected chi connectivity index (χ3v) is 4.81. The van der Waals surface area contributed by atoms with E-state index in [4.69, 9.17) is 5.73 Å². The number of carbonyl (C=O) groups is 3. The average Bonchev–Trinajstić information content (AvgIpc) is 3.03. The van der Waals surface area contributed by atoms with Crippen LogP contribution >= 0.6 is 11.8 Å². The van der Waals surface area contributed by atoms with Gasteiger partial charge >= 0.3 is 0 Å². The molecule has 124 valence electrons. The van der Waals surface area contributed by atoms with Crippen LogP contribution in [0.5, 0.6) is 0 Å². The van der Waals surface area contributed by atoms with Crippen LogP contribution in [0.3, 0.4) is 0 Å². The summed E-state index contributed by atoms with van der Waals surface area (Å²) in [5.41, 5.74) is 6.52. The largest absolute Gasteiger partial charge is 0.366 e. The normalized spacial score (nSPS) is 17.1. The Labute approximate surface area is 140 Å². The molecule has 1 fully saturated rings. The van der Waals surface area contributed by atoms with Crippen LogP contribution < -0.4 is 5.73 Å². The predicted molar refractivity (Wildman–Crippen MR) is 89.7 cm³/mol. The molecular formula is C16H21N3O3S. The van der Waals surface area contributed by atoms with Gasteiger partial charge in [0.15, 0.2) is 0 Å². The van der Waals surface area contributed by atoms with Crippen molar-refractivity contribution in [2.24, 2.45) is 5.73 Å². The predicted octanol–water partition coefficient (Wildman–Crippen LogP) is 1.06. The van der Waals surface area contributed by atoms with Crippen LogP contribution in [0.2, 0.25) is 0 Å². The highest BCUT2D eigenvalue weighted by molar-refractivity contribution is 7.99. The van der Waals surface area contributed by atoms with E-state index >= 15 is 0 Å². The van der Waals surface area contributed by atoms with E-state index in [1.165, 1.54) is 0 Å². The molecule has 0 aliphatic carbocycles. The van der Waals surface area contributed by atoms with Gasteiger partial charge in [0.05, 0.1) is 5.88 Å². The first kappa shape index (κ1) is 17.3. The molecule has 0 bridgehead atoms. The molecule has 3 amide bonds. The molecule has 2 rings (SSSR count). The number of rotatable bonds is 5. The quantitative estimate of drug-likeness (QED) is 0.872. The monoisotopic (exact) mass is 335 g/mol. The number of hydrogen-bond donors (Lipinski definition) is 1. The molecular weight excluding hydrogens is 314 g/mol. The van der Waals surface area contributed by atoms with E-state index in [1.807, 2.05) is 6.07 Å². The zero-order valence-electron chi connectivity index (χ0n) is 13.3. The van der Waals surface area contributed by atoms with E-state index in [1.54, 1.807) is 53.7 Å². The minimum absolute atomic E-state index is 0.00234. The lowest BCUT2D eigenvalue weighted by Crippen LogP contribution is -2.47. The Morgan fingerprint density at radius 1 is 1.39 bits per heavy atom. The first-order valence-electron chi connectivity index (χ1n) is 7.45. The molecule has 1 saturated heterocycles. The summed E-state index contributed by atoms with van der Waals surface area (Å²) in [6, 6.07) is 6.50. The van der Waals surface area contributed by atoms with Crippen LogP contribution in [0.4, 0.5) is 0 Å². The van der Waals surface area contributed by atoms with Gasteiger partial charge in [-0.15, -0.1) is 11.8 Å². The highest BCUT2D eigenvalue weighted by atomic mass is 32.2. The number of carbonyl (C=O) groups excluding carboxylic acids is 3. The number of nitrogens with two attached hydrogens (primary N) is 1. The van der Waals surface area contributed by atoms with Crippen LogP contribution in [0.1, 0.15) is 29.3 Å². The lowest BCUT2D eigenvalue weighted by atomic mass is 10.1. The van der Waals surface area contributed by atoms with Crippen molar-refractivity contribution in [2.75, 3.05) is 18.7 Å². The maximum Gasteiger partial charge on any atom is 0.248 e. The smallest absolute Gasteiger partial charge is 0.248 e. The number of thioether (sulfide) groups is 1. The van der Waals surface area contributed by atoms with E-state index in [0.717, 1.165) is 5.56 Å². The molecule has 7 heteroatoms. The minimum atomic E-state index is -0.493. The topological polar surface area (TPSA) is 83.7 Å². The third kappa shape index (κ3) is 4.04. The molecule has 1 aromatic carbocycles. The SMILES string of the molecule is CCC(=O)N1CSCC1C(=O)N(C)Cc1cccc(C(N)=O)c1. The number of benzene rings is 1. The number of amides is 3. The zero-order chi connectivity index (χ0) is 17.0. The molecule has 1 aliphatic rings. The van der Waals surface area contributed by atoms with E-state index < -0.39 is 11.9 Å². The summed E-state index contributed by atoms with van der Waals surface area (Å²) < 4.78 is 0. The second kappa shape index (κ2) is 7.50. The molecule has 2 N–H and O–H groups in total. The van der Waals surface area contributed by atoms with Crippen LogP contribution in [0.15, 0.2) is 24.3 Å². The molecule has 1 atom stereocenters. The van der Waals surface area contributed by atoms with Crippen molar-refractivity contribution in [1.29, 1.82) is 0 Å². The van der Waals surface area contributed by atoms with Gasteiger partial charge in [0.1, 0.15) is 6.04 Å². The van der Waals surface area contributed by atoms with E-state index in [0.29, 0.717) is 30.2 Å². The Morgan fingerprint density at radius 2 is 2.13 bits per heavy atom. The van der Waals surface area contributed by atoms with Crippen molar-refractivity contribution in [1.82, 2.24) is 9.80 Å². The Bertz CT molecular complexity index is 620. The summed E-state index contributed by atoms with van der Waals surface area (Å²) in [5.74, 6) is 0.608. The van der Waals surface area contributed by atoms with Gasteiger partial charge in [-0.3, -0.25) is 14.4 Å². The summed E-state index contributed by atoms with van der Waals surface area (Å²) in [6.45, 7) is 2.17. The van der Waals surface area contributed by atoms with E-state index in [9.17, 15) is 14.4 Å². The lowest BCUT2D eigenvalue weighted by molar-refractivity contribution is -0.142. The van der Waals surface area contributed by atoms with Gasteiger partial charge in [0, 0.05) is 31.3 Å². The van der Waals surface area contributed by atoms with Gasteiger partial charge in [0.25, 0.3) is 0 Å². The van der Waals surface area contributed by atoms with Crippen molar-refractivity contribution < 1.29 is 14.4 Å². The Morgan fingerprint density at radius 3 is 2.78 bits per heavy atom. The number of primary amides is 1. The second-order valence-corrected chi connectivity index (χ2v) is 6.49. The Kier molecular flexibility index (Phi) is 5.65. The van der Waals surface area contributed by atoms with Crippen molar-refractivity contribution >= 4 is 29.5 Å². The van der Waals surface area contributed by atoms with Crippen LogP contribution in [-0.2, 0) is 16.1 Å². The van der Waals surface area contributed by atoms with Gasteiger partial charge < -0.3 is 15.5 Å². The molecule has 1 aliphatic heterocycles. The van der Waals surface area contributed by atoms with Crippen LogP contribution in [0, 0.1) is 0 Å². The second-order valence-electron chi connectivity index (χ2n) is 5.49. The van der Waals surface area contributed by atoms with Gasteiger partial charge in [0.2, 0.25) is 17.7 Å². The van der Waals surface area contributed by atoms with E-state index in [2.05, 4.69) is 0 Å². The fourth-order valence-corrected chi connectivity index (χ4v) is 3.70. The molecule has 0 spiro atoms. The molecule has 6 nitrogen and oxygen atoms in total. The maximum atomic E-state index is 12.6. The van der Waals surface area contributed by atoms with Crippen LogP contribution in [-0.4, -0.2) is 52.2 Å². The van der Waals surface area contributed by atoms with Crippen molar-refractivity contribution in [2.45, 2.75) is 25.9 Å². The molecule has 23 heavy (non-hydrogen) atoms. The summed E-state index contributed by atoms with van der Waals surface area (Å²) >= 11 is 1.59. The fourth-order valence-electron chi connectivity index (χ4n) is 2.53. The zero-order valence-corrected chi connectivity index (χ0v) is 14.1. The van der Waals surface area contributed by atoms with E-state index in [-0.39, 0.29) is 11.8 Å². The Hall–Kier alpha value is -2.02. The van der Waals surface area contributed by atoms with Gasteiger partial charge in [-0.1, -0.05) is 19.1 Å². The number of hydrogen-bond acceptors (Lipinski definition) is 4. The van der Waals surface area contributed by atoms with Gasteiger partial charge in [-0.25, -0.2) is 0 Å². The summed E-state index contributed by atoms with van der Waals surface area (Å²) in [7, 11) is 1.71. The summed E-state index contributed by atoms with van der Waals surface area (Å²) in [5, 5.41) is 0. The van der Waals surface area contributed by atoms with Gasteiger partial charge in [-0.2, -0.15) is 0 Å². The average molecular weight is 335 g/mol. The van der Waals surface area contributed by atoms with Crippen LogP contribution in [0.25, 0.3) is 0 Å². The highest BCUT2D eigenvalue weighted by Gasteiger charge is 2.35. The van der Waals surface area contributed by atoms with Crippen molar-refractivity contribution in [3.8, 4) is 0 Å². The maximum absolute atomic E-state index is 12.6. The number of likely N-dealkylation sites (N-methyl/N-ethyl adjacent to an activating group) is 1. The standard InChI is InChI=1S/C16H21N3O3S/c1-3-14(20)19-10-23-9-13(19)16(22)18(2)8-11-5-4-6-12(7-11)15(17)21/h4-7,13H,3,8-10H2,1-2H3,(H2,17,21). The van der Waals surface area contributed by atoms with Crippen molar-refractivity contribution in [3.63, 3.8) is 0 Å². The lowest BCUT2D eigenvalue weighted by Gasteiger charge is -2.27. The molecule has 0 aromatic heterocycles. The Balaban J connectivity index is 2.06. The summed E-state index contributed by atoms with van der Waals surface area (Å²) in [6.07, 6.45) is 0.398. The minimum Gasteiger partial charge on any atom is -0.366 e. The molecule has 0 saturated carbocycles. The molecule has 1 unspecified atom stereocenters. The molecule has 1 heterocycles. The molecule has 0 radical (unpaired) electrons. The highest BCUT2D eigenvalue weighted by Crippen LogP contribution is 2.23. The first-order chi connectivity index (χ1) is 10.9.